The highest BCUT2D eigenvalue weighted by Gasteiger charge is 2.10. The second kappa shape index (κ2) is 4.20. The van der Waals surface area contributed by atoms with Crippen LogP contribution in [0.25, 0.3) is 5.69 Å². The van der Waals surface area contributed by atoms with Crippen molar-refractivity contribution in [2.75, 3.05) is 5.73 Å². The summed E-state index contributed by atoms with van der Waals surface area (Å²) in [5.74, 6) is 0.297. The van der Waals surface area contributed by atoms with Gasteiger partial charge in [-0.2, -0.15) is 0 Å². The molecule has 2 rings (SSSR count). The van der Waals surface area contributed by atoms with Crippen molar-refractivity contribution in [2.45, 2.75) is 6.92 Å². The number of anilines is 1. The van der Waals surface area contributed by atoms with Crippen LogP contribution in [0.3, 0.4) is 0 Å². The standard InChI is InChI=1S/C9H8BrClN4S/c1-4-2-5(10)7(3-6(4)11)15-8(12)13-14-9(15)16/h2-3H,1H3,(H2,12,13)(H,14,16). The molecule has 0 unspecified atom stereocenters. The van der Waals surface area contributed by atoms with E-state index in [9.17, 15) is 0 Å². The maximum atomic E-state index is 6.07. The molecule has 0 aliphatic rings. The maximum Gasteiger partial charge on any atom is 0.225 e. The molecular weight excluding hydrogens is 312 g/mol. The van der Waals surface area contributed by atoms with Crippen molar-refractivity contribution in [3.63, 3.8) is 0 Å². The van der Waals surface area contributed by atoms with Crippen LogP contribution < -0.4 is 5.73 Å². The van der Waals surface area contributed by atoms with E-state index in [0.717, 1.165) is 15.7 Å². The van der Waals surface area contributed by atoms with Gasteiger partial charge in [-0.15, -0.1) is 5.10 Å². The number of nitrogens with one attached hydrogen (secondary N) is 1. The Labute approximate surface area is 111 Å². The van der Waals surface area contributed by atoms with Crippen LogP contribution in [0.4, 0.5) is 5.95 Å². The van der Waals surface area contributed by atoms with Crippen molar-refractivity contribution in [3.05, 3.63) is 32.0 Å². The highest BCUT2D eigenvalue weighted by Crippen LogP contribution is 2.29. The summed E-state index contributed by atoms with van der Waals surface area (Å²) in [6, 6.07) is 3.70. The van der Waals surface area contributed by atoms with Gasteiger partial charge in [0, 0.05) is 9.50 Å². The minimum atomic E-state index is 0.297. The van der Waals surface area contributed by atoms with Gasteiger partial charge in [0.05, 0.1) is 5.69 Å². The molecule has 1 heterocycles. The predicted molar refractivity (Wildman–Crippen MR) is 70.6 cm³/mol. The van der Waals surface area contributed by atoms with Crippen LogP contribution in [0.2, 0.25) is 5.02 Å². The average Bonchev–Trinajstić information content (AvgIpc) is 2.53. The Morgan fingerprint density at radius 2 is 2.25 bits per heavy atom. The van der Waals surface area contributed by atoms with Crippen molar-refractivity contribution in [1.29, 1.82) is 0 Å². The normalized spacial score (nSPS) is 10.7. The number of H-pyrrole nitrogens is 1. The summed E-state index contributed by atoms with van der Waals surface area (Å²) in [4.78, 5) is 0. The van der Waals surface area contributed by atoms with E-state index in [1.54, 1.807) is 10.6 Å². The molecule has 0 atom stereocenters. The summed E-state index contributed by atoms with van der Waals surface area (Å²) < 4.78 is 2.90. The van der Waals surface area contributed by atoms with E-state index in [1.165, 1.54) is 0 Å². The zero-order valence-corrected chi connectivity index (χ0v) is 11.4. The number of benzene rings is 1. The van der Waals surface area contributed by atoms with Gasteiger partial charge in [-0.3, -0.25) is 4.57 Å². The Morgan fingerprint density at radius 3 is 2.81 bits per heavy atom. The molecule has 0 bridgehead atoms. The first kappa shape index (κ1) is 11.6. The lowest BCUT2D eigenvalue weighted by molar-refractivity contribution is 1.03. The number of nitrogens with zero attached hydrogens (tertiary/aromatic N) is 2. The minimum Gasteiger partial charge on any atom is -0.368 e. The van der Waals surface area contributed by atoms with Crippen LogP contribution in [0.15, 0.2) is 16.6 Å². The Hall–Kier alpha value is -0.850. The predicted octanol–water partition coefficient (Wildman–Crippen LogP) is 3.24. The van der Waals surface area contributed by atoms with Crippen molar-refractivity contribution in [3.8, 4) is 5.69 Å². The topological polar surface area (TPSA) is 59.6 Å². The Morgan fingerprint density at radius 1 is 1.56 bits per heavy atom. The molecule has 1 aromatic heterocycles. The van der Waals surface area contributed by atoms with E-state index in [4.69, 9.17) is 29.6 Å². The van der Waals surface area contributed by atoms with Gasteiger partial charge in [0.15, 0.2) is 0 Å². The zero-order chi connectivity index (χ0) is 11.9. The Balaban J connectivity index is 2.74. The van der Waals surface area contributed by atoms with Crippen LogP contribution in [0.1, 0.15) is 5.56 Å². The molecule has 0 aliphatic carbocycles. The number of aromatic nitrogens is 3. The summed E-state index contributed by atoms with van der Waals surface area (Å²) in [6.07, 6.45) is 0. The number of aromatic amines is 1. The van der Waals surface area contributed by atoms with Gasteiger partial charge >= 0.3 is 0 Å². The van der Waals surface area contributed by atoms with Crippen LogP contribution in [-0.4, -0.2) is 14.8 Å². The lowest BCUT2D eigenvalue weighted by Gasteiger charge is -2.08. The summed E-state index contributed by atoms with van der Waals surface area (Å²) in [5.41, 5.74) is 7.47. The van der Waals surface area contributed by atoms with Gasteiger partial charge in [-0.1, -0.05) is 11.6 Å². The molecule has 0 spiro atoms. The SMILES string of the molecule is Cc1cc(Br)c(-n2c(N)n[nH]c2=S)cc1Cl. The van der Waals surface area contributed by atoms with Gasteiger partial charge in [-0.25, -0.2) is 5.10 Å². The van der Waals surface area contributed by atoms with E-state index in [-0.39, 0.29) is 0 Å². The first-order valence-electron chi connectivity index (χ1n) is 4.39. The fraction of sp³-hybridized carbons (Fsp3) is 0.111. The van der Waals surface area contributed by atoms with Crippen molar-refractivity contribution in [1.82, 2.24) is 14.8 Å². The molecule has 0 aliphatic heterocycles. The third kappa shape index (κ3) is 1.88. The van der Waals surface area contributed by atoms with Crippen LogP contribution in [0.5, 0.6) is 0 Å². The Kier molecular flexibility index (Phi) is 3.05. The highest BCUT2D eigenvalue weighted by molar-refractivity contribution is 9.10. The quantitative estimate of drug-likeness (QED) is 0.793. The number of halogens is 2. The first-order chi connectivity index (χ1) is 7.50. The molecule has 0 saturated carbocycles. The molecule has 0 saturated heterocycles. The van der Waals surface area contributed by atoms with Gasteiger partial charge in [0.25, 0.3) is 0 Å². The smallest absolute Gasteiger partial charge is 0.225 e. The van der Waals surface area contributed by atoms with E-state index in [1.807, 2.05) is 13.0 Å². The van der Waals surface area contributed by atoms with E-state index < -0.39 is 0 Å². The van der Waals surface area contributed by atoms with Crippen molar-refractivity contribution >= 4 is 45.7 Å². The summed E-state index contributed by atoms with van der Waals surface area (Å²) in [5, 5.41) is 7.12. The molecule has 16 heavy (non-hydrogen) atoms. The molecule has 7 heteroatoms. The Bertz CT molecular complexity index is 604. The number of aryl methyl sites for hydroxylation is 1. The van der Waals surface area contributed by atoms with E-state index in [2.05, 4.69) is 26.1 Å². The number of nitrogens with two attached hydrogens (primary N) is 1. The first-order valence-corrected chi connectivity index (χ1v) is 5.97. The van der Waals surface area contributed by atoms with Crippen LogP contribution in [0, 0.1) is 11.7 Å². The largest absolute Gasteiger partial charge is 0.368 e. The highest BCUT2D eigenvalue weighted by atomic mass is 79.9. The summed E-state index contributed by atoms with van der Waals surface area (Å²) in [6.45, 7) is 1.93. The van der Waals surface area contributed by atoms with Gasteiger partial charge in [0.1, 0.15) is 0 Å². The molecule has 4 nitrogen and oxygen atoms in total. The molecule has 84 valence electrons. The molecule has 2 aromatic rings. The molecule has 0 radical (unpaired) electrons. The third-order valence-corrected chi connectivity index (χ3v) is 3.48. The van der Waals surface area contributed by atoms with Crippen molar-refractivity contribution < 1.29 is 0 Å². The number of rotatable bonds is 1. The molecule has 0 fully saturated rings. The summed E-state index contributed by atoms with van der Waals surface area (Å²) in [7, 11) is 0. The zero-order valence-electron chi connectivity index (χ0n) is 8.29. The lowest BCUT2D eigenvalue weighted by atomic mass is 10.2. The minimum absolute atomic E-state index is 0.297. The van der Waals surface area contributed by atoms with Crippen LogP contribution >= 0.6 is 39.7 Å². The maximum absolute atomic E-state index is 6.07. The summed E-state index contributed by atoms with van der Waals surface area (Å²) >= 11 is 14.6. The average molecular weight is 320 g/mol. The second-order valence-corrected chi connectivity index (χ2v) is 4.92. The number of hydrogen-bond acceptors (Lipinski definition) is 3. The van der Waals surface area contributed by atoms with Gasteiger partial charge in [0.2, 0.25) is 10.7 Å². The second-order valence-electron chi connectivity index (χ2n) is 3.28. The number of nitrogen functional groups attached to an aromatic ring is 1. The van der Waals surface area contributed by atoms with Gasteiger partial charge in [-0.05, 0) is 52.8 Å². The fourth-order valence-corrected chi connectivity index (χ4v) is 2.38. The fourth-order valence-electron chi connectivity index (χ4n) is 1.35. The molecule has 0 amide bonds. The van der Waals surface area contributed by atoms with E-state index >= 15 is 0 Å². The number of hydrogen-bond donors (Lipinski definition) is 2. The van der Waals surface area contributed by atoms with Crippen molar-refractivity contribution in [2.24, 2.45) is 0 Å². The lowest BCUT2D eigenvalue weighted by Crippen LogP contribution is -2.02. The molecule has 1 aromatic carbocycles. The molecule has 3 N–H and O–H groups in total. The van der Waals surface area contributed by atoms with E-state index in [0.29, 0.717) is 15.7 Å². The molecular formula is C9H8BrClN4S. The third-order valence-electron chi connectivity index (χ3n) is 2.17. The van der Waals surface area contributed by atoms with Gasteiger partial charge < -0.3 is 5.73 Å². The van der Waals surface area contributed by atoms with Crippen LogP contribution in [-0.2, 0) is 0 Å². The monoisotopic (exact) mass is 318 g/mol.